The van der Waals surface area contributed by atoms with E-state index in [1.807, 2.05) is 0 Å². The standard InChI is InChI=1S/C7H9NO3S/c1-8-6(5-9)3-4-7(8)12(2,10)11/h3-5H,1-2H3. The Hall–Kier alpha value is -1.10. The van der Waals surface area contributed by atoms with Crippen LogP contribution in [-0.4, -0.2) is 25.5 Å². The van der Waals surface area contributed by atoms with Crippen LogP contribution in [0.4, 0.5) is 0 Å². The Kier molecular flexibility index (Phi) is 2.06. The third-order valence-electron chi connectivity index (χ3n) is 1.62. The topological polar surface area (TPSA) is 56.1 Å². The van der Waals surface area contributed by atoms with Crippen LogP contribution in [0.1, 0.15) is 10.5 Å². The number of sulfone groups is 1. The van der Waals surface area contributed by atoms with Gasteiger partial charge in [0.1, 0.15) is 5.03 Å². The molecule has 12 heavy (non-hydrogen) atoms. The first-order valence-electron chi connectivity index (χ1n) is 3.28. The van der Waals surface area contributed by atoms with Crippen LogP contribution in [0.25, 0.3) is 0 Å². The molecular weight excluding hydrogens is 178 g/mol. The summed E-state index contributed by atoms with van der Waals surface area (Å²) >= 11 is 0. The number of carbonyl (C=O) groups excluding carboxylic acids is 1. The van der Waals surface area contributed by atoms with E-state index in [2.05, 4.69) is 0 Å². The summed E-state index contributed by atoms with van der Waals surface area (Å²) in [5, 5.41) is 0.157. The van der Waals surface area contributed by atoms with Crippen molar-refractivity contribution in [3.63, 3.8) is 0 Å². The smallest absolute Gasteiger partial charge is 0.190 e. The van der Waals surface area contributed by atoms with Gasteiger partial charge in [-0.1, -0.05) is 0 Å². The molecule has 0 saturated carbocycles. The molecular formula is C7H9NO3S. The Balaban J connectivity index is 3.39. The average molecular weight is 187 g/mol. The lowest BCUT2D eigenvalue weighted by Gasteiger charge is -2.00. The fourth-order valence-corrected chi connectivity index (χ4v) is 1.92. The molecule has 0 aliphatic rings. The minimum atomic E-state index is -3.22. The molecule has 1 aromatic heterocycles. The molecule has 0 fully saturated rings. The van der Waals surface area contributed by atoms with Gasteiger partial charge in [-0.25, -0.2) is 8.42 Å². The van der Waals surface area contributed by atoms with Gasteiger partial charge in [-0.15, -0.1) is 0 Å². The molecule has 0 unspecified atom stereocenters. The van der Waals surface area contributed by atoms with Gasteiger partial charge in [0.15, 0.2) is 16.1 Å². The average Bonchev–Trinajstić information content (AvgIpc) is 2.29. The van der Waals surface area contributed by atoms with E-state index >= 15 is 0 Å². The summed E-state index contributed by atoms with van der Waals surface area (Å²) in [5.41, 5.74) is 0.357. The Morgan fingerprint density at radius 1 is 1.42 bits per heavy atom. The molecule has 0 amide bonds. The normalized spacial score (nSPS) is 11.5. The third-order valence-corrected chi connectivity index (χ3v) is 2.78. The molecule has 0 aromatic carbocycles. The second-order valence-corrected chi connectivity index (χ2v) is 4.51. The van der Waals surface area contributed by atoms with Gasteiger partial charge in [0.2, 0.25) is 0 Å². The van der Waals surface area contributed by atoms with Crippen molar-refractivity contribution in [2.75, 3.05) is 6.26 Å². The van der Waals surface area contributed by atoms with E-state index in [0.717, 1.165) is 6.26 Å². The summed E-state index contributed by atoms with van der Waals surface area (Å²) in [5.74, 6) is 0. The Labute approximate surface area is 70.7 Å². The Morgan fingerprint density at radius 3 is 2.25 bits per heavy atom. The molecule has 0 bridgehead atoms. The molecule has 5 heteroatoms. The highest BCUT2D eigenvalue weighted by molar-refractivity contribution is 7.90. The molecule has 0 spiro atoms. The van der Waals surface area contributed by atoms with Gasteiger partial charge >= 0.3 is 0 Å². The predicted molar refractivity (Wildman–Crippen MR) is 43.9 cm³/mol. The maximum atomic E-state index is 11.0. The van der Waals surface area contributed by atoms with Gasteiger partial charge < -0.3 is 4.57 Å². The molecule has 1 aromatic rings. The van der Waals surface area contributed by atoms with Gasteiger partial charge in [0, 0.05) is 13.3 Å². The van der Waals surface area contributed by atoms with Crippen LogP contribution in [0, 0.1) is 0 Å². The first kappa shape index (κ1) is 8.99. The molecule has 4 nitrogen and oxygen atoms in total. The van der Waals surface area contributed by atoms with Crippen LogP contribution < -0.4 is 0 Å². The van der Waals surface area contributed by atoms with Crippen molar-refractivity contribution in [2.45, 2.75) is 5.03 Å². The van der Waals surface area contributed by atoms with E-state index in [1.165, 1.54) is 16.7 Å². The van der Waals surface area contributed by atoms with Crippen molar-refractivity contribution in [3.8, 4) is 0 Å². The fourth-order valence-electron chi connectivity index (χ4n) is 0.998. The minimum Gasteiger partial charge on any atom is -0.333 e. The van der Waals surface area contributed by atoms with Gasteiger partial charge in [-0.05, 0) is 12.1 Å². The van der Waals surface area contributed by atoms with Crippen molar-refractivity contribution in [1.82, 2.24) is 4.57 Å². The van der Waals surface area contributed by atoms with E-state index in [1.54, 1.807) is 7.05 Å². The minimum absolute atomic E-state index is 0.157. The van der Waals surface area contributed by atoms with Crippen LogP contribution >= 0.6 is 0 Å². The lowest BCUT2D eigenvalue weighted by atomic mass is 10.5. The molecule has 0 radical (unpaired) electrons. The molecule has 0 atom stereocenters. The highest BCUT2D eigenvalue weighted by Crippen LogP contribution is 2.10. The molecule has 66 valence electrons. The summed E-state index contributed by atoms with van der Waals surface area (Å²) in [6.07, 6.45) is 1.73. The fraction of sp³-hybridized carbons (Fsp3) is 0.286. The second-order valence-electron chi connectivity index (χ2n) is 2.55. The van der Waals surface area contributed by atoms with Crippen LogP contribution in [-0.2, 0) is 16.9 Å². The van der Waals surface area contributed by atoms with Crippen LogP contribution in [0.3, 0.4) is 0 Å². The first-order valence-corrected chi connectivity index (χ1v) is 5.17. The zero-order valence-corrected chi connectivity index (χ0v) is 7.63. The van der Waals surface area contributed by atoms with Crippen LogP contribution in [0.5, 0.6) is 0 Å². The third kappa shape index (κ3) is 1.40. The summed E-state index contributed by atoms with van der Waals surface area (Å²) in [6, 6.07) is 2.89. The number of nitrogens with zero attached hydrogens (tertiary/aromatic N) is 1. The van der Waals surface area contributed by atoms with Gasteiger partial charge in [0.05, 0.1) is 5.69 Å². The highest BCUT2D eigenvalue weighted by Gasteiger charge is 2.12. The maximum Gasteiger partial charge on any atom is 0.190 e. The van der Waals surface area contributed by atoms with Gasteiger partial charge in [-0.3, -0.25) is 4.79 Å². The maximum absolute atomic E-state index is 11.0. The van der Waals surface area contributed by atoms with E-state index in [0.29, 0.717) is 12.0 Å². The zero-order valence-electron chi connectivity index (χ0n) is 6.81. The largest absolute Gasteiger partial charge is 0.333 e. The number of rotatable bonds is 2. The van der Waals surface area contributed by atoms with Crippen molar-refractivity contribution in [2.24, 2.45) is 7.05 Å². The molecule has 1 heterocycles. The number of aromatic nitrogens is 1. The summed E-state index contributed by atoms with van der Waals surface area (Å²) in [7, 11) is -1.68. The van der Waals surface area contributed by atoms with Crippen molar-refractivity contribution >= 4 is 16.1 Å². The number of aldehydes is 1. The monoisotopic (exact) mass is 187 g/mol. The zero-order chi connectivity index (χ0) is 9.35. The lowest BCUT2D eigenvalue weighted by Crippen LogP contribution is -2.06. The van der Waals surface area contributed by atoms with Gasteiger partial charge in [-0.2, -0.15) is 0 Å². The molecule has 0 aliphatic heterocycles. The Bertz CT molecular complexity index is 402. The molecule has 0 saturated heterocycles. The Morgan fingerprint density at radius 2 is 2.00 bits per heavy atom. The van der Waals surface area contributed by atoms with Crippen molar-refractivity contribution in [1.29, 1.82) is 0 Å². The number of hydrogen-bond donors (Lipinski definition) is 0. The number of carbonyl (C=O) groups is 1. The lowest BCUT2D eigenvalue weighted by molar-refractivity contribution is 0.111. The summed E-state index contributed by atoms with van der Waals surface area (Å²) in [4.78, 5) is 10.4. The second kappa shape index (κ2) is 2.75. The van der Waals surface area contributed by atoms with Crippen molar-refractivity contribution < 1.29 is 13.2 Å². The van der Waals surface area contributed by atoms with E-state index < -0.39 is 9.84 Å². The summed E-state index contributed by atoms with van der Waals surface area (Å²) in [6.45, 7) is 0. The van der Waals surface area contributed by atoms with E-state index in [-0.39, 0.29) is 5.03 Å². The highest BCUT2D eigenvalue weighted by atomic mass is 32.2. The van der Waals surface area contributed by atoms with Crippen LogP contribution in [0.15, 0.2) is 17.2 Å². The first-order chi connectivity index (χ1) is 5.46. The van der Waals surface area contributed by atoms with E-state index in [9.17, 15) is 13.2 Å². The van der Waals surface area contributed by atoms with Gasteiger partial charge in [0.25, 0.3) is 0 Å². The molecule has 0 N–H and O–H groups in total. The predicted octanol–water partition coefficient (Wildman–Crippen LogP) is 0.241. The summed E-state index contributed by atoms with van der Waals surface area (Å²) < 4.78 is 23.4. The SMILES string of the molecule is Cn1c(C=O)ccc1S(C)(=O)=O. The quantitative estimate of drug-likeness (QED) is 0.623. The van der Waals surface area contributed by atoms with Crippen LogP contribution in [0.2, 0.25) is 0 Å². The molecule has 0 aliphatic carbocycles. The number of hydrogen-bond acceptors (Lipinski definition) is 3. The molecule has 1 rings (SSSR count). The van der Waals surface area contributed by atoms with Crippen molar-refractivity contribution in [3.05, 3.63) is 17.8 Å². The van der Waals surface area contributed by atoms with E-state index in [4.69, 9.17) is 0 Å².